The molecule has 0 spiro atoms. The number of nitro groups is 1. The molecule has 0 aliphatic carbocycles. The molecule has 28 heavy (non-hydrogen) atoms. The number of para-hydroxylation sites is 2. The van der Waals surface area contributed by atoms with E-state index in [0.717, 1.165) is 28.8 Å². The molecule has 0 fully saturated rings. The Morgan fingerprint density at radius 2 is 2.14 bits per heavy atom. The molecule has 8 heteroatoms. The van der Waals surface area contributed by atoms with Gasteiger partial charge in [-0.25, -0.2) is 9.48 Å². The van der Waals surface area contributed by atoms with Crippen LogP contribution in [0.2, 0.25) is 0 Å². The molecular formula is C20H22N3O4S+. The number of nitrogens with zero attached hydrogens (tertiary/aromatic N) is 3. The monoisotopic (exact) mass is 400 g/mol. The molecule has 0 amide bonds. The van der Waals surface area contributed by atoms with E-state index in [1.807, 2.05) is 35.8 Å². The number of ether oxygens (including phenoxy) is 1. The first kappa shape index (κ1) is 18.8. The number of benzene rings is 2. The van der Waals surface area contributed by atoms with Crippen LogP contribution < -0.4 is 9.64 Å². The molecule has 0 saturated carbocycles. The third-order valence-corrected chi connectivity index (χ3v) is 6.21. The normalized spacial score (nSPS) is 21.6. The molecule has 2 aliphatic rings. The van der Waals surface area contributed by atoms with E-state index in [1.165, 1.54) is 12.1 Å². The van der Waals surface area contributed by atoms with Gasteiger partial charge in [0.05, 0.1) is 18.1 Å². The highest BCUT2D eigenvalue weighted by Crippen LogP contribution is 2.41. The van der Waals surface area contributed by atoms with E-state index in [4.69, 9.17) is 4.74 Å². The molecule has 1 atom stereocenters. The van der Waals surface area contributed by atoms with E-state index < -0.39 is 10.6 Å². The first-order valence-corrected chi connectivity index (χ1v) is 10.3. The lowest BCUT2D eigenvalue weighted by atomic mass is 10.0. The fourth-order valence-corrected chi connectivity index (χ4v) is 4.93. The van der Waals surface area contributed by atoms with Crippen LogP contribution in [0.15, 0.2) is 48.5 Å². The van der Waals surface area contributed by atoms with Gasteiger partial charge >= 0.3 is 5.17 Å². The summed E-state index contributed by atoms with van der Waals surface area (Å²) in [5.74, 6) is 1.72. The number of hydrogen-bond acceptors (Lipinski definition) is 6. The van der Waals surface area contributed by atoms with Crippen LogP contribution >= 0.6 is 11.8 Å². The molecule has 2 aromatic rings. The molecule has 7 nitrogen and oxygen atoms in total. The largest absolute Gasteiger partial charge is 0.489 e. The minimum absolute atomic E-state index is 0.0229. The Balaban J connectivity index is 1.81. The van der Waals surface area contributed by atoms with E-state index in [0.29, 0.717) is 18.7 Å². The Hall–Kier alpha value is -2.58. The number of rotatable bonds is 5. The predicted molar refractivity (Wildman–Crippen MR) is 109 cm³/mol. The van der Waals surface area contributed by atoms with Crippen molar-refractivity contribution in [3.05, 3.63) is 64.2 Å². The Morgan fingerprint density at radius 3 is 2.93 bits per heavy atom. The first-order valence-electron chi connectivity index (χ1n) is 9.28. The molecule has 146 valence electrons. The second kappa shape index (κ2) is 7.44. The lowest BCUT2D eigenvalue weighted by molar-refractivity contribution is -0.656. The molecule has 0 saturated heterocycles. The van der Waals surface area contributed by atoms with Crippen molar-refractivity contribution in [2.45, 2.75) is 19.1 Å². The van der Waals surface area contributed by atoms with E-state index in [2.05, 4.69) is 4.90 Å². The van der Waals surface area contributed by atoms with Crippen molar-refractivity contribution >= 4 is 28.3 Å². The summed E-state index contributed by atoms with van der Waals surface area (Å²) in [5.41, 5.74) is 0.0529. The Morgan fingerprint density at radius 1 is 1.32 bits per heavy atom. The van der Waals surface area contributed by atoms with Crippen molar-refractivity contribution in [3.63, 3.8) is 0 Å². The number of nitro benzene ring substituents is 1. The molecule has 2 aromatic carbocycles. The topological polar surface area (TPSA) is 78.9 Å². The van der Waals surface area contributed by atoms with Gasteiger partial charge in [0, 0.05) is 23.4 Å². The Kier molecular flexibility index (Phi) is 4.99. The number of aliphatic hydroxyl groups is 1. The van der Waals surface area contributed by atoms with E-state index >= 15 is 0 Å². The molecule has 0 bridgehead atoms. The second-order valence-electron chi connectivity index (χ2n) is 6.75. The van der Waals surface area contributed by atoms with Crippen LogP contribution in [-0.2, 0) is 5.72 Å². The molecule has 1 N–H and O–H groups in total. The zero-order chi connectivity index (χ0) is 19.7. The summed E-state index contributed by atoms with van der Waals surface area (Å²) >= 11 is 1.69. The number of β-amino-alcohol motifs (C(OH)–C–C–N with tert-alkyl or cyclic N) is 1. The third-order valence-electron chi connectivity index (χ3n) is 5.02. The number of anilines is 1. The SMILES string of the molecule is CCOc1ccccc1N1C[C@@](O)(c2cccc([N+](=O)[O-])c2)[N+]2=C1SCCC2. The van der Waals surface area contributed by atoms with Gasteiger partial charge < -0.3 is 9.84 Å². The van der Waals surface area contributed by atoms with Crippen molar-refractivity contribution in [2.75, 3.05) is 30.3 Å². The van der Waals surface area contributed by atoms with Crippen molar-refractivity contribution in [3.8, 4) is 5.75 Å². The molecular weight excluding hydrogens is 378 g/mol. The van der Waals surface area contributed by atoms with Gasteiger partial charge in [-0.3, -0.25) is 10.1 Å². The smallest absolute Gasteiger partial charge is 0.316 e. The van der Waals surface area contributed by atoms with Crippen LogP contribution in [-0.4, -0.2) is 45.2 Å². The van der Waals surface area contributed by atoms with Crippen molar-refractivity contribution in [1.29, 1.82) is 0 Å². The van der Waals surface area contributed by atoms with E-state index in [1.54, 1.807) is 23.9 Å². The highest BCUT2D eigenvalue weighted by Gasteiger charge is 2.54. The van der Waals surface area contributed by atoms with Gasteiger partial charge in [-0.15, -0.1) is 0 Å². The summed E-state index contributed by atoms with van der Waals surface area (Å²) in [6.07, 6.45) is 0.937. The van der Waals surface area contributed by atoms with E-state index in [9.17, 15) is 15.2 Å². The second-order valence-corrected chi connectivity index (χ2v) is 7.81. The average molecular weight is 400 g/mol. The zero-order valence-electron chi connectivity index (χ0n) is 15.6. The van der Waals surface area contributed by atoms with Crippen molar-refractivity contribution < 1.29 is 19.3 Å². The number of non-ortho nitro benzene ring substituents is 1. The minimum atomic E-state index is -1.34. The standard InChI is InChI=1S/C20H22N3O4S/c1-2-27-18-10-4-3-9-17(18)21-14-20(24,22-11-6-12-28-19(21)22)15-7-5-8-16(13-15)23(25)26/h3-5,7-10,13,24H,2,6,11-12,14H2,1H3/q+1/t20-/m1/s1. The fraction of sp³-hybridized carbons (Fsp3) is 0.350. The van der Waals surface area contributed by atoms with Crippen LogP contribution in [0, 0.1) is 10.1 Å². The highest BCUT2D eigenvalue weighted by molar-refractivity contribution is 8.13. The van der Waals surface area contributed by atoms with Gasteiger partial charge in [0.15, 0.2) is 18.0 Å². The van der Waals surface area contributed by atoms with Crippen LogP contribution in [0.4, 0.5) is 11.4 Å². The maximum absolute atomic E-state index is 11.7. The minimum Gasteiger partial charge on any atom is -0.489 e. The lowest BCUT2D eigenvalue weighted by Crippen LogP contribution is -2.41. The average Bonchev–Trinajstić information content (AvgIpc) is 3.03. The fourth-order valence-electron chi connectivity index (χ4n) is 3.76. The first-order chi connectivity index (χ1) is 13.5. The molecule has 4 rings (SSSR count). The van der Waals surface area contributed by atoms with Crippen LogP contribution in [0.3, 0.4) is 0 Å². The molecule has 0 radical (unpaired) electrons. The molecule has 2 heterocycles. The summed E-state index contributed by atoms with van der Waals surface area (Å²) in [6, 6.07) is 14.1. The lowest BCUT2D eigenvalue weighted by Gasteiger charge is -2.24. The van der Waals surface area contributed by atoms with Gasteiger partial charge in [0.25, 0.3) is 11.4 Å². The van der Waals surface area contributed by atoms with Gasteiger partial charge in [0.2, 0.25) is 0 Å². The Bertz CT molecular complexity index is 949. The third kappa shape index (κ3) is 3.12. The van der Waals surface area contributed by atoms with Gasteiger partial charge in [-0.05, 0) is 37.2 Å². The summed E-state index contributed by atoms with van der Waals surface area (Å²) in [7, 11) is 0. The Labute approximate surface area is 167 Å². The van der Waals surface area contributed by atoms with Crippen molar-refractivity contribution in [2.24, 2.45) is 0 Å². The van der Waals surface area contributed by atoms with Crippen LogP contribution in [0.5, 0.6) is 5.75 Å². The number of thioether (sulfide) groups is 1. The number of hydrogen-bond donors (Lipinski definition) is 1. The maximum atomic E-state index is 11.7. The van der Waals surface area contributed by atoms with Gasteiger partial charge in [0.1, 0.15) is 0 Å². The summed E-state index contributed by atoms with van der Waals surface area (Å²) < 4.78 is 7.76. The van der Waals surface area contributed by atoms with Crippen molar-refractivity contribution in [1.82, 2.24) is 0 Å². The maximum Gasteiger partial charge on any atom is 0.316 e. The quantitative estimate of drug-likeness (QED) is 0.472. The summed E-state index contributed by atoms with van der Waals surface area (Å²) in [6.45, 7) is 3.45. The molecule has 0 aromatic heterocycles. The zero-order valence-corrected chi connectivity index (χ0v) is 16.4. The van der Waals surface area contributed by atoms with Crippen LogP contribution in [0.25, 0.3) is 0 Å². The summed E-state index contributed by atoms with van der Waals surface area (Å²) in [5, 5.41) is 23.9. The predicted octanol–water partition coefficient (Wildman–Crippen LogP) is 3.16. The molecule has 0 unspecified atom stereocenters. The number of amidine groups is 1. The molecule has 2 aliphatic heterocycles. The van der Waals surface area contributed by atoms with Crippen LogP contribution in [0.1, 0.15) is 18.9 Å². The van der Waals surface area contributed by atoms with Gasteiger partial charge in [-0.1, -0.05) is 24.3 Å². The van der Waals surface area contributed by atoms with E-state index in [-0.39, 0.29) is 12.2 Å². The summed E-state index contributed by atoms with van der Waals surface area (Å²) in [4.78, 5) is 12.9. The highest BCUT2D eigenvalue weighted by atomic mass is 32.2. The van der Waals surface area contributed by atoms with Gasteiger partial charge in [-0.2, -0.15) is 0 Å².